The lowest BCUT2D eigenvalue weighted by molar-refractivity contribution is 0.626. The minimum Gasteiger partial charge on any atom is -0.356 e. The monoisotopic (exact) mass is 417 g/mol. The molecule has 2 aromatic rings. The molecule has 0 bridgehead atoms. The van der Waals surface area contributed by atoms with Crippen LogP contribution in [-0.2, 0) is 20.0 Å². The Kier molecular flexibility index (Phi) is 7.86. The van der Waals surface area contributed by atoms with Gasteiger partial charge in [-0.3, -0.25) is 9.67 Å². The molecule has 0 spiro atoms. The van der Waals surface area contributed by atoms with Crippen LogP contribution in [-0.4, -0.2) is 29.3 Å². The summed E-state index contributed by atoms with van der Waals surface area (Å²) >= 11 is 0. The second-order valence-electron chi connectivity index (χ2n) is 4.75. The van der Waals surface area contributed by atoms with Gasteiger partial charge in [-0.15, -0.1) is 24.0 Å². The van der Waals surface area contributed by atoms with Crippen LogP contribution in [0.25, 0.3) is 0 Å². The van der Waals surface area contributed by atoms with E-state index in [9.17, 15) is 4.39 Å². The van der Waals surface area contributed by atoms with Gasteiger partial charge >= 0.3 is 0 Å². The molecule has 0 aliphatic carbocycles. The maximum atomic E-state index is 12.8. The smallest absolute Gasteiger partial charge is 0.191 e. The van der Waals surface area contributed by atoms with E-state index in [1.807, 2.05) is 19.4 Å². The summed E-state index contributed by atoms with van der Waals surface area (Å²) in [6.45, 7) is 1.38. The number of rotatable bonds is 5. The maximum Gasteiger partial charge on any atom is 0.191 e. The molecule has 7 heteroatoms. The summed E-state index contributed by atoms with van der Waals surface area (Å²) in [7, 11) is 3.63. The van der Waals surface area contributed by atoms with Crippen LogP contribution in [0, 0.1) is 5.82 Å². The number of guanidine groups is 1. The quantitative estimate of drug-likeness (QED) is 0.445. The van der Waals surface area contributed by atoms with Gasteiger partial charge in [-0.05, 0) is 29.7 Å². The molecular weight excluding hydrogens is 396 g/mol. The van der Waals surface area contributed by atoms with Crippen molar-refractivity contribution in [2.75, 3.05) is 13.6 Å². The zero-order valence-corrected chi connectivity index (χ0v) is 15.0. The average Bonchev–Trinajstić information content (AvgIpc) is 2.90. The lowest BCUT2D eigenvalue weighted by Crippen LogP contribution is -2.37. The van der Waals surface area contributed by atoms with Crippen molar-refractivity contribution >= 4 is 29.9 Å². The molecule has 0 amide bonds. The van der Waals surface area contributed by atoms with Crippen LogP contribution < -0.4 is 10.6 Å². The van der Waals surface area contributed by atoms with Crippen LogP contribution in [0.5, 0.6) is 0 Å². The topological polar surface area (TPSA) is 54.2 Å². The molecular formula is C15H21FIN5. The highest BCUT2D eigenvalue weighted by Crippen LogP contribution is 2.02. The van der Waals surface area contributed by atoms with E-state index in [0.29, 0.717) is 6.54 Å². The van der Waals surface area contributed by atoms with Crippen molar-refractivity contribution in [2.24, 2.45) is 12.0 Å². The first-order valence-electron chi connectivity index (χ1n) is 6.84. The highest BCUT2D eigenvalue weighted by atomic mass is 127. The molecule has 0 saturated carbocycles. The fourth-order valence-electron chi connectivity index (χ4n) is 1.93. The first-order valence-corrected chi connectivity index (χ1v) is 6.84. The van der Waals surface area contributed by atoms with E-state index < -0.39 is 0 Å². The summed E-state index contributed by atoms with van der Waals surface area (Å²) in [5.41, 5.74) is 2.19. The molecule has 0 radical (unpaired) electrons. The predicted molar refractivity (Wildman–Crippen MR) is 96.9 cm³/mol. The average molecular weight is 417 g/mol. The van der Waals surface area contributed by atoms with Gasteiger partial charge in [0.25, 0.3) is 0 Å². The normalized spacial score (nSPS) is 11.0. The third kappa shape index (κ3) is 6.00. The first kappa shape index (κ1) is 18.4. The van der Waals surface area contributed by atoms with Crippen molar-refractivity contribution < 1.29 is 4.39 Å². The molecule has 1 heterocycles. The summed E-state index contributed by atoms with van der Waals surface area (Å²) in [5.74, 6) is 0.501. The lowest BCUT2D eigenvalue weighted by Gasteiger charge is -2.11. The van der Waals surface area contributed by atoms with E-state index in [-0.39, 0.29) is 29.8 Å². The first-order chi connectivity index (χ1) is 10.2. The Bertz CT molecular complexity index is 594. The van der Waals surface area contributed by atoms with Gasteiger partial charge in [0.05, 0.1) is 6.20 Å². The van der Waals surface area contributed by atoms with Crippen LogP contribution in [0.2, 0.25) is 0 Å². The van der Waals surface area contributed by atoms with Gasteiger partial charge in [0.15, 0.2) is 5.96 Å². The molecule has 0 fully saturated rings. The molecule has 2 rings (SSSR count). The minimum absolute atomic E-state index is 0. The summed E-state index contributed by atoms with van der Waals surface area (Å²) in [4.78, 5) is 4.16. The van der Waals surface area contributed by atoms with Crippen LogP contribution in [0.3, 0.4) is 0 Å². The van der Waals surface area contributed by atoms with Gasteiger partial charge in [-0.25, -0.2) is 4.39 Å². The van der Waals surface area contributed by atoms with Crippen molar-refractivity contribution in [3.8, 4) is 0 Å². The van der Waals surface area contributed by atoms with Gasteiger partial charge in [-0.2, -0.15) is 5.10 Å². The Morgan fingerprint density at radius 1 is 1.23 bits per heavy atom. The predicted octanol–water partition coefficient (Wildman–Crippen LogP) is 2.08. The highest BCUT2D eigenvalue weighted by molar-refractivity contribution is 14.0. The highest BCUT2D eigenvalue weighted by Gasteiger charge is 2.00. The van der Waals surface area contributed by atoms with Gasteiger partial charge < -0.3 is 10.6 Å². The molecule has 120 valence electrons. The van der Waals surface area contributed by atoms with Crippen LogP contribution >= 0.6 is 24.0 Å². The molecule has 1 aromatic carbocycles. The van der Waals surface area contributed by atoms with Gasteiger partial charge in [-0.1, -0.05) is 12.1 Å². The Morgan fingerprint density at radius 3 is 2.55 bits per heavy atom. The third-order valence-electron chi connectivity index (χ3n) is 3.06. The molecule has 0 aliphatic rings. The fraction of sp³-hybridized carbons (Fsp3) is 0.333. The van der Waals surface area contributed by atoms with Gasteiger partial charge in [0.2, 0.25) is 0 Å². The number of aliphatic imine (C=N–C) groups is 1. The Morgan fingerprint density at radius 2 is 1.95 bits per heavy atom. The summed E-state index contributed by atoms with van der Waals surface area (Å²) < 4.78 is 14.6. The SMILES string of the molecule is CN=C(NCCc1cnn(C)c1)NCc1ccc(F)cc1.I. The number of benzene rings is 1. The molecule has 22 heavy (non-hydrogen) atoms. The fourth-order valence-corrected chi connectivity index (χ4v) is 1.93. The summed E-state index contributed by atoms with van der Waals surface area (Å²) in [5, 5.41) is 10.6. The number of halogens is 2. The van der Waals surface area contributed by atoms with E-state index in [1.165, 1.54) is 17.7 Å². The Balaban J connectivity index is 0.00000242. The molecule has 2 N–H and O–H groups in total. The van der Waals surface area contributed by atoms with Crippen molar-refractivity contribution in [2.45, 2.75) is 13.0 Å². The van der Waals surface area contributed by atoms with Crippen molar-refractivity contribution in [3.63, 3.8) is 0 Å². The number of nitrogens with zero attached hydrogens (tertiary/aromatic N) is 3. The largest absolute Gasteiger partial charge is 0.356 e. The second kappa shape index (κ2) is 9.39. The van der Waals surface area contributed by atoms with E-state index >= 15 is 0 Å². The Hall–Kier alpha value is -1.64. The third-order valence-corrected chi connectivity index (χ3v) is 3.06. The van der Waals surface area contributed by atoms with E-state index in [1.54, 1.807) is 23.9 Å². The van der Waals surface area contributed by atoms with Crippen LogP contribution in [0.1, 0.15) is 11.1 Å². The zero-order valence-electron chi connectivity index (χ0n) is 12.7. The van der Waals surface area contributed by atoms with E-state index in [4.69, 9.17) is 0 Å². The molecule has 0 aliphatic heterocycles. The van der Waals surface area contributed by atoms with Gasteiger partial charge in [0, 0.05) is 33.4 Å². The van der Waals surface area contributed by atoms with Gasteiger partial charge in [0.1, 0.15) is 5.82 Å². The van der Waals surface area contributed by atoms with Crippen molar-refractivity contribution in [1.29, 1.82) is 0 Å². The summed E-state index contributed by atoms with van der Waals surface area (Å²) in [6, 6.07) is 6.42. The maximum absolute atomic E-state index is 12.8. The number of aryl methyl sites for hydroxylation is 1. The zero-order chi connectivity index (χ0) is 15.1. The number of nitrogens with one attached hydrogen (secondary N) is 2. The van der Waals surface area contributed by atoms with Crippen LogP contribution in [0.4, 0.5) is 4.39 Å². The molecule has 0 unspecified atom stereocenters. The molecule has 0 saturated heterocycles. The minimum atomic E-state index is -0.224. The number of hydrogen-bond donors (Lipinski definition) is 2. The second-order valence-corrected chi connectivity index (χ2v) is 4.75. The number of hydrogen-bond acceptors (Lipinski definition) is 2. The van der Waals surface area contributed by atoms with E-state index in [2.05, 4.69) is 20.7 Å². The van der Waals surface area contributed by atoms with Crippen molar-refractivity contribution in [1.82, 2.24) is 20.4 Å². The lowest BCUT2D eigenvalue weighted by atomic mass is 10.2. The number of aromatic nitrogens is 2. The summed E-state index contributed by atoms with van der Waals surface area (Å²) in [6.07, 6.45) is 4.73. The van der Waals surface area contributed by atoms with E-state index in [0.717, 1.165) is 24.5 Å². The molecule has 0 atom stereocenters. The molecule has 5 nitrogen and oxygen atoms in total. The standard InChI is InChI=1S/C15H20FN5.HI/c1-17-15(18-8-7-13-10-20-21(2)11-13)19-9-12-3-5-14(16)6-4-12;/h3-6,10-11H,7-9H2,1-2H3,(H2,17,18,19);1H. The molecule has 1 aromatic heterocycles. The Labute approximate surface area is 147 Å². The van der Waals surface area contributed by atoms with Crippen LogP contribution in [0.15, 0.2) is 41.7 Å². The van der Waals surface area contributed by atoms with Crippen molar-refractivity contribution in [3.05, 3.63) is 53.6 Å².